The van der Waals surface area contributed by atoms with Crippen molar-refractivity contribution < 1.29 is 19.2 Å². The molecule has 7 nitrogen and oxygen atoms in total. The number of fused-ring (bicyclic) bond motifs is 4. The van der Waals surface area contributed by atoms with Crippen LogP contribution in [0.15, 0.2) is 60.7 Å². The van der Waals surface area contributed by atoms with Crippen LogP contribution < -0.4 is 4.90 Å². The fourth-order valence-electron chi connectivity index (χ4n) is 6.12. The number of benzene rings is 2. The van der Waals surface area contributed by atoms with Gasteiger partial charge in [0.2, 0.25) is 0 Å². The van der Waals surface area contributed by atoms with E-state index in [1.165, 1.54) is 35.5 Å². The number of nitro benzene ring substituents is 1. The van der Waals surface area contributed by atoms with E-state index >= 15 is 0 Å². The molecule has 2 aliphatic carbocycles. The maximum atomic E-state index is 13.2. The number of anilines is 1. The Morgan fingerprint density at radius 3 is 2.35 bits per heavy atom. The van der Waals surface area contributed by atoms with Crippen molar-refractivity contribution in [1.82, 2.24) is 0 Å². The zero-order valence-electron chi connectivity index (χ0n) is 18.6. The van der Waals surface area contributed by atoms with Crippen LogP contribution in [0.25, 0.3) is 0 Å². The molecule has 0 radical (unpaired) electrons. The molecular weight excluding hydrogens is 432 g/mol. The van der Waals surface area contributed by atoms with Gasteiger partial charge >= 0.3 is 5.97 Å². The van der Waals surface area contributed by atoms with Crippen LogP contribution in [-0.4, -0.2) is 36.4 Å². The lowest BCUT2D eigenvalue weighted by Gasteiger charge is -2.46. The van der Waals surface area contributed by atoms with Crippen molar-refractivity contribution >= 4 is 23.1 Å². The maximum absolute atomic E-state index is 13.2. The number of carbonyl (C=O) groups excluding carboxylic acids is 2. The number of Topliss-reactive ketones (excluding diaryl/α,β-unsaturated/α-hetero) is 1. The minimum absolute atomic E-state index is 0.0928. The van der Waals surface area contributed by atoms with E-state index < -0.39 is 23.3 Å². The Hall–Kier alpha value is -3.74. The fourth-order valence-corrected chi connectivity index (χ4v) is 6.12. The van der Waals surface area contributed by atoms with Crippen molar-refractivity contribution in [2.75, 3.05) is 24.6 Å². The number of ketones is 1. The van der Waals surface area contributed by atoms with Gasteiger partial charge in [-0.15, -0.1) is 0 Å². The number of nitro groups is 1. The number of rotatable bonds is 5. The summed E-state index contributed by atoms with van der Waals surface area (Å²) >= 11 is 0. The first-order valence-corrected chi connectivity index (χ1v) is 11.7. The Morgan fingerprint density at radius 2 is 1.65 bits per heavy atom. The molecule has 172 valence electrons. The van der Waals surface area contributed by atoms with Gasteiger partial charge in [0.05, 0.1) is 10.5 Å². The van der Waals surface area contributed by atoms with E-state index in [9.17, 15) is 19.7 Å². The number of nitrogens with zero attached hydrogens (tertiary/aromatic N) is 2. The van der Waals surface area contributed by atoms with Crippen LogP contribution in [0.4, 0.5) is 11.4 Å². The molecule has 34 heavy (non-hydrogen) atoms. The number of hydrogen-bond donors (Lipinski definition) is 0. The molecule has 0 fully saturated rings. The predicted octanol–water partition coefficient (Wildman–Crippen LogP) is 4.79. The SMILES string of the molecule is O=C(COC(=O)c1ccc2c3c1C1C=CCC1CN3CC1CC=CC21)c1ccc([N+](=O)[O-])cc1. The molecule has 2 heterocycles. The lowest BCUT2D eigenvalue weighted by atomic mass is 9.73. The third-order valence-electron chi connectivity index (χ3n) is 7.70. The summed E-state index contributed by atoms with van der Waals surface area (Å²) in [7, 11) is 0. The average molecular weight is 456 g/mol. The summed E-state index contributed by atoms with van der Waals surface area (Å²) in [5.41, 5.74) is 4.21. The molecule has 0 amide bonds. The monoisotopic (exact) mass is 456 g/mol. The first kappa shape index (κ1) is 20.8. The van der Waals surface area contributed by atoms with Gasteiger partial charge < -0.3 is 9.64 Å². The van der Waals surface area contributed by atoms with Gasteiger partial charge in [0.25, 0.3) is 5.69 Å². The average Bonchev–Trinajstić information content (AvgIpc) is 3.52. The summed E-state index contributed by atoms with van der Waals surface area (Å²) in [6.07, 6.45) is 11.1. The zero-order chi connectivity index (χ0) is 23.4. The molecule has 0 saturated heterocycles. The Morgan fingerprint density at radius 1 is 0.971 bits per heavy atom. The van der Waals surface area contributed by atoms with Crippen molar-refractivity contribution in [1.29, 1.82) is 0 Å². The summed E-state index contributed by atoms with van der Waals surface area (Å²) in [5, 5.41) is 10.8. The van der Waals surface area contributed by atoms with E-state index in [2.05, 4.69) is 35.3 Å². The second-order valence-electron chi connectivity index (χ2n) is 9.57. The van der Waals surface area contributed by atoms with Gasteiger partial charge in [-0.25, -0.2) is 4.79 Å². The molecule has 7 heteroatoms. The Bertz CT molecular complexity index is 1260. The molecule has 4 unspecified atom stereocenters. The van der Waals surface area contributed by atoms with E-state index in [-0.39, 0.29) is 17.2 Å². The Labute approximate surface area is 196 Å². The van der Waals surface area contributed by atoms with Crippen molar-refractivity contribution in [3.8, 4) is 0 Å². The van der Waals surface area contributed by atoms with E-state index in [1.54, 1.807) is 0 Å². The number of allylic oxidation sites excluding steroid dienone is 4. The van der Waals surface area contributed by atoms with Crippen molar-refractivity contribution in [3.05, 3.63) is 93.1 Å². The summed E-state index contributed by atoms with van der Waals surface area (Å²) < 4.78 is 5.47. The van der Waals surface area contributed by atoms with E-state index in [1.807, 2.05) is 6.07 Å². The molecule has 6 rings (SSSR count). The minimum Gasteiger partial charge on any atom is -0.454 e. The van der Waals surface area contributed by atoms with Gasteiger partial charge in [-0.2, -0.15) is 0 Å². The number of non-ortho nitro benzene ring substituents is 1. The molecule has 0 bridgehead atoms. The largest absolute Gasteiger partial charge is 0.454 e. The van der Waals surface area contributed by atoms with Gasteiger partial charge in [-0.3, -0.25) is 14.9 Å². The Kier molecular flexibility index (Phi) is 4.86. The van der Waals surface area contributed by atoms with Crippen molar-refractivity contribution in [2.45, 2.75) is 24.7 Å². The topological polar surface area (TPSA) is 89.8 Å². The van der Waals surface area contributed by atoms with Gasteiger partial charge in [0.1, 0.15) is 0 Å². The summed E-state index contributed by atoms with van der Waals surface area (Å²) in [6.45, 7) is 1.59. The van der Waals surface area contributed by atoms with E-state index in [4.69, 9.17) is 4.74 Å². The van der Waals surface area contributed by atoms with Gasteiger partial charge in [-0.1, -0.05) is 30.4 Å². The van der Waals surface area contributed by atoms with E-state index in [0.717, 1.165) is 31.5 Å². The molecular formula is C27H24N2O5. The highest BCUT2D eigenvalue weighted by molar-refractivity contribution is 6.00. The fraction of sp³-hybridized carbons (Fsp3) is 0.333. The molecule has 2 aromatic rings. The second-order valence-corrected chi connectivity index (χ2v) is 9.57. The standard InChI is InChI=1S/C27H24N2O5/c30-24(16-7-9-19(10-8-16)29(32)33)15-34-27(31)23-12-11-22-20-5-1-3-17(20)13-28-14-18-4-2-6-21(18)25(23)26(22)28/h1-2,5-12,17-18,20-21H,3-4,13-15H2. The molecule has 4 aliphatic rings. The minimum atomic E-state index is -0.520. The quantitative estimate of drug-likeness (QED) is 0.211. The molecule has 4 atom stereocenters. The molecule has 2 aliphatic heterocycles. The molecule has 0 aromatic heterocycles. The van der Waals surface area contributed by atoms with Crippen LogP contribution in [-0.2, 0) is 4.74 Å². The highest BCUT2D eigenvalue weighted by Crippen LogP contribution is 2.53. The second kappa shape index (κ2) is 7.94. The predicted molar refractivity (Wildman–Crippen MR) is 126 cm³/mol. The third-order valence-corrected chi connectivity index (χ3v) is 7.70. The maximum Gasteiger partial charge on any atom is 0.338 e. The number of hydrogen-bond acceptors (Lipinski definition) is 6. The first-order valence-electron chi connectivity index (χ1n) is 11.7. The highest BCUT2D eigenvalue weighted by atomic mass is 16.6. The number of ether oxygens (including phenoxy) is 1. The van der Waals surface area contributed by atoms with Gasteiger partial charge in [0, 0.05) is 48.3 Å². The molecule has 0 saturated carbocycles. The zero-order valence-corrected chi connectivity index (χ0v) is 18.6. The van der Waals surface area contributed by atoms with Crippen LogP contribution >= 0.6 is 0 Å². The summed E-state index contributed by atoms with van der Waals surface area (Å²) in [5.74, 6) is 0.708. The van der Waals surface area contributed by atoms with Crippen molar-refractivity contribution in [2.24, 2.45) is 11.8 Å². The third kappa shape index (κ3) is 3.26. The van der Waals surface area contributed by atoms with Crippen molar-refractivity contribution in [3.63, 3.8) is 0 Å². The van der Waals surface area contributed by atoms with Crippen LogP contribution in [0, 0.1) is 22.0 Å². The van der Waals surface area contributed by atoms with Crippen LogP contribution in [0.5, 0.6) is 0 Å². The van der Waals surface area contributed by atoms with Crippen LogP contribution in [0.2, 0.25) is 0 Å². The van der Waals surface area contributed by atoms with Gasteiger partial charge in [0.15, 0.2) is 12.4 Å². The Balaban J connectivity index is 1.28. The highest BCUT2D eigenvalue weighted by Gasteiger charge is 2.44. The molecule has 0 spiro atoms. The number of carbonyl (C=O) groups is 2. The first-order chi connectivity index (χ1) is 16.5. The lowest BCUT2D eigenvalue weighted by molar-refractivity contribution is -0.384. The van der Waals surface area contributed by atoms with Gasteiger partial charge in [-0.05, 0) is 54.0 Å². The van der Waals surface area contributed by atoms with E-state index in [0.29, 0.717) is 23.3 Å². The normalized spacial score (nSPS) is 25.5. The smallest absolute Gasteiger partial charge is 0.338 e. The lowest BCUT2D eigenvalue weighted by Crippen LogP contribution is -2.44. The molecule has 0 N–H and O–H groups in total. The van der Waals surface area contributed by atoms with Crippen LogP contribution in [0.1, 0.15) is 56.5 Å². The van der Waals surface area contributed by atoms with Crippen LogP contribution in [0.3, 0.4) is 0 Å². The number of esters is 1. The summed E-state index contributed by atoms with van der Waals surface area (Å²) in [4.78, 5) is 38.5. The summed E-state index contributed by atoms with van der Waals surface area (Å²) in [6, 6.07) is 9.24. The molecule has 2 aromatic carbocycles.